The van der Waals surface area contributed by atoms with Crippen molar-refractivity contribution in [2.75, 3.05) is 13.1 Å². The molecule has 0 aromatic heterocycles. The highest BCUT2D eigenvalue weighted by Gasteiger charge is 2.33. The van der Waals surface area contributed by atoms with Crippen molar-refractivity contribution in [3.8, 4) is 0 Å². The van der Waals surface area contributed by atoms with E-state index in [-0.39, 0.29) is 23.8 Å². The predicted molar refractivity (Wildman–Crippen MR) is 164 cm³/mol. The first-order valence-electron chi connectivity index (χ1n) is 14.6. The minimum absolute atomic E-state index is 0.129. The van der Waals surface area contributed by atoms with Crippen molar-refractivity contribution in [3.63, 3.8) is 0 Å². The Kier molecular flexibility index (Phi) is 12.3. The highest BCUT2D eigenvalue weighted by molar-refractivity contribution is 6.00. The lowest BCUT2D eigenvalue weighted by molar-refractivity contribution is -0.0187. The molecular weight excluding hydrogens is 530 g/mol. The maximum absolute atomic E-state index is 13.6. The Morgan fingerprint density at radius 2 is 1.29 bits per heavy atom. The second-order valence-corrected chi connectivity index (χ2v) is 10.8. The first-order chi connectivity index (χ1) is 20.1. The van der Waals surface area contributed by atoms with E-state index in [4.69, 9.17) is 0 Å². The van der Waals surface area contributed by atoms with Gasteiger partial charge >= 0.3 is 0 Å². The van der Waals surface area contributed by atoms with Crippen molar-refractivity contribution in [1.29, 1.82) is 0 Å². The van der Waals surface area contributed by atoms with Crippen LogP contribution in [0.15, 0.2) is 78.9 Å². The van der Waals surface area contributed by atoms with E-state index in [0.29, 0.717) is 24.2 Å². The number of hydrogen-bond donors (Lipinski definition) is 4. The van der Waals surface area contributed by atoms with E-state index in [1.54, 1.807) is 60.4 Å². The molecule has 0 bridgehead atoms. The van der Waals surface area contributed by atoms with Crippen LogP contribution in [0.3, 0.4) is 0 Å². The number of carbonyl (C=O) groups excluding carboxylic acids is 3. The third-order valence-electron chi connectivity index (χ3n) is 7.14. The number of aliphatic hydroxyl groups excluding tert-OH is 2. The Labute approximate surface area is 248 Å². The topological polar surface area (TPSA) is 119 Å². The molecule has 8 nitrogen and oxygen atoms in total. The third kappa shape index (κ3) is 8.99. The van der Waals surface area contributed by atoms with Crippen LogP contribution in [0.1, 0.15) is 75.8 Å². The lowest BCUT2D eigenvalue weighted by Gasteiger charge is -2.31. The molecule has 0 aliphatic heterocycles. The Bertz CT molecular complexity index is 1310. The normalized spacial score (nSPS) is 13.9. The van der Waals surface area contributed by atoms with E-state index < -0.39 is 30.2 Å². The maximum Gasteiger partial charge on any atom is 0.253 e. The van der Waals surface area contributed by atoms with Gasteiger partial charge in [0.25, 0.3) is 17.7 Å². The number of hydrogen-bond acceptors (Lipinski definition) is 5. The van der Waals surface area contributed by atoms with Crippen molar-refractivity contribution in [1.82, 2.24) is 15.5 Å². The van der Waals surface area contributed by atoms with Gasteiger partial charge in [-0.3, -0.25) is 14.4 Å². The summed E-state index contributed by atoms with van der Waals surface area (Å²) in [6.45, 7) is 8.73. The van der Waals surface area contributed by atoms with Gasteiger partial charge in [-0.2, -0.15) is 0 Å². The fourth-order valence-corrected chi connectivity index (χ4v) is 4.95. The zero-order valence-electron chi connectivity index (χ0n) is 24.9. The Hall–Kier alpha value is -4.01. The van der Waals surface area contributed by atoms with E-state index in [9.17, 15) is 24.6 Å². The highest BCUT2D eigenvalue weighted by Crippen LogP contribution is 2.16. The Morgan fingerprint density at radius 1 is 0.738 bits per heavy atom. The molecule has 0 aliphatic rings. The number of benzene rings is 3. The van der Waals surface area contributed by atoms with Crippen LogP contribution in [0.5, 0.6) is 0 Å². The van der Waals surface area contributed by atoms with Crippen LogP contribution < -0.4 is 10.6 Å². The van der Waals surface area contributed by atoms with E-state index >= 15 is 0 Å². The van der Waals surface area contributed by atoms with E-state index in [0.717, 1.165) is 24.0 Å². The molecule has 3 aromatic carbocycles. The molecule has 1 unspecified atom stereocenters. The average Bonchev–Trinajstić information content (AvgIpc) is 3.00. The first-order valence-corrected chi connectivity index (χ1v) is 14.6. The summed E-state index contributed by atoms with van der Waals surface area (Å²) in [4.78, 5) is 41.3. The van der Waals surface area contributed by atoms with Crippen LogP contribution in [0.2, 0.25) is 0 Å². The summed E-state index contributed by atoms with van der Waals surface area (Å²) in [5, 5.41) is 28.0. The zero-order valence-corrected chi connectivity index (χ0v) is 24.9. The van der Waals surface area contributed by atoms with Gasteiger partial charge in [0.1, 0.15) is 12.2 Å². The monoisotopic (exact) mass is 573 g/mol. The van der Waals surface area contributed by atoms with Crippen molar-refractivity contribution in [2.24, 2.45) is 0 Å². The van der Waals surface area contributed by atoms with Crippen LogP contribution in [-0.4, -0.2) is 70.2 Å². The fraction of sp³-hybridized carbons (Fsp3) is 0.382. The lowest BCUT2D eigenvalue weighted by atomic mass is 9.94. The summed E-state index contributed by atoms with van der Waals surface area (Å²) >= 11 is 0. The van der Waals surface area contributed by atoms with Crippen LogP contribution in [0.25, 0.3) is 0 Å². The number of nitrogens with zero attached hydrogens (tertiary/aromatic N) is 1. The van der Waals surface area contributed by atoms with Crippen LogP contribution in [-0.2, 0) is 6.42 Å². The Morgan fingerprint density at radius 3 is 1.88 bits per heavy atom. The number of nitrogens with one attached hydrogen (secondary N) is 2. The molecule has 3 rings (SSSR count). The molecule has 8 heteroatoms. The van der Waals surface area contributed by atoms with Crippen molar-refractivity contribution in [3.05, 3.63) is 107 Å². The largest absolute Gasteiger partial charge is 0.388 e. The minimum atomic E-state index is -1.41. The van der Waals surface area contributed by atoms with Crippen LogP contribution >= 0.6 is 0 Å². The maximum atomic E-state index is 13.6. The molecule has 224 valence electrons. The molecule has 0 fully saturated rings. The van der Waals surface area contributed by atoms with Gasteiger partial charge in [0, 0.05) is 29.8 Å². The molecule has 4 N–H and O–H groups in total. The molecule has 3 amide bonds. The van der Waals surface area contributed by atoms with Gasteiger partial charge in [0.2, 0.25) is 0 Å². The molecule has 4 atom stereocenters. The summed E-state index contributed by atoms with van der Waals surface area (Å²) in [6.07, 6.45) is -0.885. The minimum Gasteiger partial charge on any atom is -0.388 e. The molecule has 3 aromatic rings. The summed E-state index contributed by atoms with van der Waals surface area (Å²) in [5.74, 6) is -0.982. The van der Waals surface area contributed by atoms with E-state index in [1.165, 1.54) is 0 Å². The summed E-state index contributed by atoms with van der Waals surface area (Å²) in [7, 11) is 0. The second kappa shape index (κ2) is 15.8. The number of aliphatic hydroxyl groups is 2. The molecule has 0 spiro atoms. The van der Waals surface area contributed by atoms with Gasteiger partial charge in [-0.15, -0.1) is 0 Å². The fourth-order valence-electron chi connectivity index (χ4n) is 4.95. The summed E-state index contributed by atoms with van der Waals surface area (Å²) in [5.41, 5.74) is 2.76. The summed E-state index contributed by atoms with van der Waals surface area (Å²) < 4.78 is 0. The highest BCUT2D eigenvalue weighted by atomic mass is 16.3. The van der Waals surface area contributed by atoms with Gasteiger partial charge in [-0.05, 0) is 74.6 Å². The van der Waals surface area contributed by atoms with Crippen molar-refractivity contribution in [2.45, 2.75) is 71.2 Å². The molecule has 0 radical (unpaired) electrons. The van der Waals surface area contributed by atoms with Gasteiger partial charge < -0.3 is 25.7 Å². The second-order valence-electron chi connectivity index (χ2n) is 10.8. The van der Waals surface area contributed by atoms with Crippen LogP contribution in [0.4, 0.5) is 0 Å². The van der Waals surface area contributed by atoms with Crippen molar-refractivity contribution >= 4 is 17.7 Å². The number of rotatable bonds is 14. The Balaban J connectivity index is 1.82. The van der Waals surface area contributed by atoms with Crippen LogP contribution in [0, 0.1) is 6.92 Å². The quantitative estimate of drug-likeness (QED) is 0.231. The summed E-state index contributed by atoms with van der Waals surface area (Å²) in [6, 6.07) is 21.3. The molecule has 42 heavy (non-hydrogen) atoms. The lowest BCUT2D eigenvalue weighted by Crippen LogP contribution is -2.55. The standard InChI is InChI=1S/C34H43N3O5/c1-5-17-37(18-6-2)34(42)28-20-23(3)19-27(22-28)33(41)36-29(21-25-13-9-7-10-14-25)31(39)30(38)24(4)35-32(40)26-15-11-8-12-16-26/h7-16,19-20,22,24,29-31,38-39H,5-6,17-18,21H2,1-4H3,(H,35,40)(H,36,41)/t24-,29+,30-,31?/m1/s1. The van der Waals surface area contributed by atoms with Gasteiger partial charge in [-0.1, -0.05) is 62.4 Å². The molecule has 0 saturated carbocycles. The molecule has 0 saturated heterocycles. The predicted octanol–water partition coefficient (Wildman–Crippen LogP) is 4.14. The number of carbonyl (C=O) groups is 3. The first kappa shape index (κ1) is 32.5. The number of aryl methyl sites for hydroxylation is 1. The van der Waals surface area contributed by atoms with Gasteiger partial charge in [0.15, 0.2) is 0 Å². The van der Waals surface area contributed by atoms with E-state index in [2.05, 4.69) is 10.6 Å². The average molecular weight is 574 g/mol. The SMILES string of the molecule is CCCN(CCC)C(=O)c1cc(C)cc(C(=O)N[C@@H](Cc2ccccc2)C(O)[C@H](O)[C@@H](C)NC(=O)c2ccccc2)c1. The number of amides is 3. The molecule has 0 aliphatic carbocycles. The smallest absolute Gasteiger partial charge is 0.253 e. The third-order valence-corrected chi connectivity index (χ3v) is 7.14. The van der Waals surface area contributed by atoms with Gasteiger partial charge in [0.05, 0.1) is 12.1 Å². The van der Waals surface area contributed by atoms with E-state index in [1.807, 2.05) is 51.1 Å². The van der Waals surface area contributed by atoms with Gasteiger partial charge in [-0.25, -0.2) is 0 Å². The zero-order chi connectivity index (χ0) is 30.6. The molecule has 0 heterocycles. The van der Waals surface area contributed by atoms with Crippen molar-refractivity contribution < 1.29 is 24.6 Å². The molecular formula is C34H43N3O5.